The quantitative estimate of drug-likeness (QED) is 0.277. The number of rotatable bonds is 14. The lowest BCUT2D eigenvalue weighted by Gasteiger charge is -2.27. The second-order valence-electron chi connectivity index (χ2n) is 10.6. The summed E-state index contributed by atoms with van der Waals surface area (Å²) in [6.07, 6.45) is 2.03. The molecule has 0 spiro atoms. The lowest BCUT2D eigenvalue weighted by molar-refractivity contribution is -0.151. The molecule has 1 aromatic rings. The van der Waals surface area contributed by atoms with Gasteiger partial charge in [0, 0.05) is 19.3 Å². The van der Waals surface area contributed by atoms with Crippen molar-refractivity contribution in [2.75, 3.05) is 13.7 Å². The number of hydrogen-bond acceptors (Lipinski definition) is 9. The summed E-state index contributed by atoms with van der Waals surface area (Å²) in [5.41, 5.74) is 3.94. The van der Waals surface area contributed by atoms with E-state index in [1.165, 1.54) is 19.2 Å². The first-order valence-electron chi connectivity index (χ1n) is 12.8. The maximum atomic E-state index is 12.9. The number of carbonyl (C=O) groups excluding carboxylic acids is 4. The molecule has 2 N–H and O–H groups in total. The van der Waals surface area contributed by atoms with Crippen LogP contribution in [0.15, 0.2) is 18.2 Å². The summed E-state index contributed by atoms with van der Waals surface area (Å²) in [6, 6.07) is 4.68. The summed E-state index contributed by atoms with van der Waals surface area (Å²) in [4.78, 5) is 49.9. The predicted molar refractivity (Wildman–Crippen MR) is 139 cm³/mol. The number of nitrogens with two attached hydrogens (primary N) is 1. The first-order valence-corrected chi connectivity index (χ1v) is 12.8. The Kier molecular flexibility index (Phi) is 11.8. The van der Waals surface area contributed by atoms with Gasteiger partial charge in [-0.1, -0.05) is 26.8 Å². The molecular weight excluding hydrogens is 478 g/mol. The average molecular weight is 522 g/mol. The van der Waals surface area contributed by atoms with E-state index in [0.717, 1.165) is 0 Å². The van der Waals surface area contributed by atoms with Crippen LogP contribution in [0.4, 0.5) is 0 Å². The van der Waals surface area contributed by atoms with Gasteiger partial charge in [-0.3, -0.25) is 19.2 Å². The van der Waals surface area contributed by atoms with E-state index in [2.05, 4.69) is 0 Å². The molecule has 0 aliphatic rings. The topological polar surface area (TPSA) is 131 Å². The predicted octanol–water partition coefficient (Wildman–Crippen LogP) is 4.52. The van der Waals surface area contributed by atoms with Crippen LogP contribution in [-0.2, 0) is 35.1 Å². The number of carbonyl (C=O) groups is 4. The first-order chi connectivity index (χ1) is 17.2. The zero-order valence-corrected chi connectivity index (χ0v) is 23.5. The molecule has 9 heteroatoms. The summed E-state index contributed by atoms with van der Waals surface area (Å²) in [5.74, 6) is -1.87. The molecule has 0 saturated heterocycles. The highest BCUT2D eigenvalue weighted by Crippen LogP contribution is 2.35. The standard InChI is InChI=1S/C28H43NO8/c1-9-12-22(30)35-16-15-28(29,25(33)34-8)18-19-13-14-20(36-23(31)26(4,5)10-2)21(17-19)37-24(32)27(6,7)11-3/h13-14,17H,9-12,15-16,18,29H2,1-8H3/t28-/m1/s1. The lowest BCUT2D eigenvalue weighted by atomic mass is 9.88. The largest absolute Gasteiger partial charge is 0.468 e. The molecule has 1 atom stereocenters. The molecule has 37 heavy (non-hydrogen) atoms. The number of methoxy groups -OCH3 is 1. The minimum Gasteiger partial charge on any atom is -0.468 e. The normalized spacial score (nSPS) is 13.3. The van der Waals surface area contributed by atoms with Crippen LogP contribution < -0.4 is 15.2 Å². The van der Waals surface area contributed by atoms with Gasteiger partial charge in [0.05, 0.1) is 24.5 Å². The van der Waals surface area contributed by atoms with Gasteiger partial charge in [-0.15, -0.1) is 0 Å². The molecule has 0 amide bonds. The van der Waals surface area contributed by atoms with Crippen LogP contribution in [0.25, 0.3) is 0 Å². The van der Waals surface area contributed by atoms with Crippen LogP contribution in [0.5, 0.6) is 11.5 Å². The van der Waals surface area contributed by atoms with Gasteiger partial charge in [0.15, 0.2) is 11.5 Å². The zero-order valence-electron chi connectivity index (χ0n) is 23.5. The Morgan fingerprint density at radius 1 is 0.838 bits per heavy atom. The Morgan fingerprint density at radius 3 is 1.86 bits per heavy atom. The van der Waals surface area contributed by atoms with Crippen LogP contribution in [0.3, 0.4) is 0 Å². The van der Waals surface area contributed by atoms with Crippen molar-refractivity contribution in [3.8, 4) is 11.5 Å². The minimum atomic E-state index is -1.51. The molecule has 208 valence electrons. The number of ether oxygens (including phenoxy) is 4. The Bertz CT molecular complexity index is 969. The summed E-state index contributed by atoms with van der Waals surface area (Å²) in [5, 5.41) is 0. The number of esters is 4. The Labute approximate surface area is 220 Å². The Morgan fingerprint density at radius 2 is 1.38 bits per heavy atom. The molecule has 0 unspecified atom stereocenters. The first kappa shape index (κ1) is 32.1. The van der Waals surface area contributed by atoms with Gasteiger partial charge in [-0.05, 0) is 64.7 Å². The summed E-state index contributed by atoms with van der Waals surface area (Å²) >= 11 is 0. The average Bonchev–Trinajstić information content (AvgIpc) is 2.84. The molecule has 1 aromatic carbocycles. The van der Waals surface area contributed by atoms with E-state index in [1.54, 1.807) is 33.8 Å². The fourth-order valence-electron chi connectivity index (χ4n) is 3.04. The van der Waals surface area contributed by atoms with Gasteiger partial charge >= 0.3 is 23.9 Å². The highest BCUT2D eigenvalue weighted by atomic mass is 16.6. The number of hydrogen-bond donors (Lipinski definition) is 1. The highest BCUT2D eigenvalue weighted by Gasteiger charge is 2.37. The SMILES string of the molecule is CCCC(=O)OCC[C@@](N)(Cc1ccc(OC(=O)C(C)(C)CC)c(OC(=O)C(C)(C)CC)c1)C(=O)OC. The second kappa shape index (κ2) is 13.6. The van der Waals surface area contributed by atoms with Crippen molar-refractivity contribution in [2.45, 2.75) is 92.5 Å². The van der Waals surface area contributed by atoms with E-state index < -0.39 is 34.3 Å². The van der Waals surface area contributed by atoms with Crippen molar-refractivity contribution in [1.29, 1.82) is 0 Å². The van der Waals surface area contributed by atoms with Crippen LogP contribution in [0.2, 0.25) is 0 Å². The van der Waals surface area contributed by atoms with Crippen molar-refractivity contribution < 1.29 is 38.1 Å². The fourth-order valence-corrected chi connectivity index (χ4v) is 3.04. The van der Waals surface area contributed by atoms with Gasteiger partial charge in [-0.2, -0.15) is 0 Å². The third-order valence-electron chi connectivity index (χ3n) is 6.66. The van der Waals surface area contributed by atoms with Crippen molar-refractivity contribution >= 4 is 23.9 Å². The van der Waals surface area contributed by atoms with Crippen LogP contribution in [0.1, 0.15) is 86.1 Å². The molecule has 0 aliphatic carbocycles. The van der Waals surface area contributed by atoms with E-state index in [0.29, 0.717) is 24.8 Å². The maximum absolute atomic E-state index is 12.9. The fraction of sp³-hybridized carbons (Fsp3) is 0.643. The molecule has 1 rings (SSSR count). The third kappa shape index (κ3) is 9.14. The molecular formula is C28H43NO8. The number of benzene rings is 1. The molecule has 9 nitrogen and oxygen atoms in total. The Hall–Kier alpha value is -2.94. The molecule has 0 fully saturated rings. The molecule has 0 aliphatic heterocycles. The second-order valence-corrected chi connectivity index (χ2v) is 10.6. The van der Waals surface area contributed by atoms with Crippen LogP contribution in [-0.4, -0.2) is 43.1 Å². The van der Waals surface area contributed by atoms with E-state index >= 15 is 0 Å². The summed E-state index contributed by atoms with van der Waals surface area (Å²) in [7, 11) is 1.23. The van der Waals surface area contributed by atoms with Gasteiger partial charge in [0.1, 0.15) is 5.54 Å². The van der Waals surface area contributed by atoms with Crippen molar-refractivity contribution in [2.24, 2.45) is 16.6 Å². The lowest BCUT2D eigenvalue weighted by Crippen LogP contribution is -2.51. The van der Waals surface area contributed by atoms with Gasteiger partial charge < -0.3 is 24.7 Å². The van der Waals surface area contributed by atoms with Crippen molar-refractivity contribution in [1.82, 2.24) is 0 Å². The third-order valence-corrected chi connectivity index (χ3v) is 6.66. The van der Waals surface area contributed by atoms with Crippen LogP contribution >= 0.6 is 0 Å². The minimum absolute atomic E-state index is 0.00139. The maximum Gasteiger partial charge on any atom is 0.326 e. The van der Waals surface area contributed by atoms with Crippen LogP contribution in [0, 0.1) is 10.8 Å². The van der Waals surface area contributed by atoms with E-state index in [4.69, 9.17) is 24.7 Å². The molecule has 0 aromatic heterocycles. The van der Waals surface area contributed by atoms with E-state index in [9.17, 15) is 19.2 Å². The molecule has 0 radical (unpaired) electrons. The van der Waals surface area contributed by atoms with Gasteiger partial charge in [-0.25, -0.2) is 0 Å². The van der Waals surface area contributed by atoms with Crippen molar-refractivity contribution in [3.63, 3.8) is 0 Å². The van der Waals surface area contributed by atoms with E-state index in [-0.39, 0.29) is 43.3 Å². The van der Waals surface area contributed by atoms with Gasteiger partial charge in [0.2, 0.25) is 0 Å². The summed E-state index contributed by atoms with van der Waals surface area (Å²) in [6.45, 7) is 12.6. The summed E-state index contributed by atoms with van der Waals surface area (Å²) < 4.78 is 21.4. The van der Waals surface area contributed by atoms with Crippen molar-refractivity contribution in [3.05, 3.63) is 23.8 Å². The highest BCUT2D eigenvalue weighted by molar-refractivity contribution is 5.82. The Balaban J connectivity index is 3.33. The van der Waals surface area contributed by atoms with Gasteiger partial charge in [0.25, 0.3) is 0 Å². The molecule has 0 heterocycles. The monoisotopic (exact) mass is 521 g/mol. The van der Waals surface area contributed by atoms with E-state index in [1.807, 2.05) is 20.8 Å². The smallest absolute Gasteiger partial charge is 0.326 e. The molecule has 0 saturated carbocycles. The zero-order chi connectivity index (χ0) is 28.4. The molecule has 0 bridgehead atoms.